The van der Waals surface area contributed by atoms with Crippen LogP contribution in [0, 0.1) is 13.8 Å². The standard InChI is InChI=1S/C27H19Cl2N3OS/c1-15-7-9-18(16(2)11-15)24-13-20(19-5-3-4-6-23(19)30-24)26(33)32-27-31-25(14-34-27)17-8-10-21(28)22(29)12-17/h3-14H,1-2H3,(H,31,32,33). The Kier molecular flexibility index (Phi) is 6.09. The van der Waals surface area contributed by atoms with Crippen LogP contribution in [0.2, 0.25) is 10.0 Å². The second kappa shape index (κ2) is 9.18. The summed E-state index contributed by atoms with van der Waals surface area (Å²) in [4.78, 5) is 22.8. The molecular weight excluding hydrogens is 485 g/mol. The fourth-order valence-electron chi connectivity index (χ4n) is 3.89. The van der Waals surface area contributed by atoms with E-state index < -0.39 is 0 Å². The number of para-hydroxylation sites is 1. The number of aromatic nitrogens is 2. The van der Waals surface area contributed by atoms with Crippen LogP contribution in [0.15, 0.2) is 72.1 Å². The van der Waals surface area contributed by atoms with E-state index in [1.54, 1.807) is 12.1 Å². The van der Waals surface area contributed by atoms with Gasteiger partial charge in [-0.15, -0.1) is 11.3 Å². The minimum atomic E-state index is -0.236. The minimum Gasteiger partial charge on any atom is -0.298 e. The Morgan fingerprint density at radius 2 is 1.71 bits per heavy atom. The van der Waals surface area contributed by atoms with Gasteiger partial charge in [0.15, 0.2) is 5.13 Å². The molecule has 168 valence electrons. The summed E-state index contributed by atoms with van der Waals surface area (Å²) in [5, 5.41) is 7.06. The maximum atomic E-state index is 13.4. The van der Waals surface area contributed by atoms with Crippen molar-refractivity contribution < 1.29 is 4.79 Å². The van der Waals surface area contributed by atoms with Crippen LogP contribution >= 0.6 is 34.5 Å². The van der Waals surface area contributed by atoms with Gasteiger partial charge in [-0.3, -0.25) is 10.1 Å². The number of anilines is 1. The minimum absolute atomic E-state index is 0.236. The van der Waals surface area contributed by atoms with E-state index in [0.717, 1.165) is 39.0 Å². The number of carbonyl (C=O) groups is 1. The molecule has 0 saturated heterocycles. The highest BCUT2D eigenvalue weighted by Crippen LogP contribution is 2.32. The molecule has 5 aromatic rings. The quantitative estimate of drug-likeness (QED) is 0.268. The molecule has 0 fully saturated rings. The summed E-state index contributed by atoms with van der Waals surface area (Å²) >= 11 is 13.5. The average Bonchev–Trinajstić information content (AvgIpc) is 3.28. The monoisotopic (exact) mass is 503 g/mol. The van der Waals surface area contributed by atoms with E-state index in [-0.39, 0.29) is 5.91 Å². The summed E-state index contributed by atoms with van der Waals surface area (Å²) in [6.07, 6.45) is 0. The number of nitrogens with zero attached hydrogens (tertiary/aromatic N) is 2. The third-order valence-corrected chi connectivity index (χ3v) is 7.06. The van der Waals surface area contributed by atoms with E-state index in [1.807, 2.05) is 47.8 Å². The van der Waals surface area contributed by atoms with E-state index in [0.29, 0.717) is 20.7 Å². The number of pyridine rings is 1. The van der Waals surface area contributed by atoms with Crippen molar-refractivity contribution >= 4 is 56.5 Å². The lowest BCUT2D eigenvalue weighted by Gasteiger charge is -2.11. The third kappa shape index (κ3) is 4.42. The average molecular weight is 504 g/mol. The fourth-order valence-corrected chi connectivity index (χ4v) is 4.90. The highest BCUT2D eigenvalue weighted by atomic mass is 35.5. The van der Waals surface area contributed by atoms with Crippen molar-refractivity contribution in [2.45, 2.75) is 13.8 Å². The molecule has 0 saturated carbocycles. The highest BCUT2D eigenvalue weighted by Gasteiger charge is 2.17. The molecule has 0 atom stereocenters. The van der Waals surface area contributed by atoms with E-state index in [2.05, 4.69) is 36.3 Å². The van der Waals surface area contributed by atoms with Gasteiger partial charge < -0.3 is 0 Å². The number of halogens is 2. The Morgan fingerprint density at radius 1 is 0.882 bits per heavy atom. The van der Waals surface area contributed by atoms with E-state index >= 15 is 0 Å². The van der Waals surface area contributed by atoms with Crippen LogP contribution < -0.4 is 5.32 Å². The molecule has 7 heteroatoms. The lowest BCUT2D eigenvalue weighted by atomic mass is 9.99. The Labute approximate surface area is 211 Å². The molecule has 0 spiro atoms. The second-order valence-corrected chi connectivity index (χ2v) is 9.68. The van der Waals surface area contributed by atoms with Crippen molar-refractivity contribution in [3.63, 3.8) is 0 Å². The zero-order valence-electron chi connectivity index (χ0n) is 18.4. The number of fused-ring (bicyclic) bond motifs is 1. The van der Waals surface area contributed by atoms with Crippen LogP contribution in [0.25, 0.3) is 33.4 Å². The van der Waals surface area contributed by atoms with E-state index in [1.165, 1.54) is 16.9 Å². The Morgan fingerprint density at radius 3 is 2.50 bits per heavy atom. The molecule has 0 bridgehead atoms. The number of rotatable bonds is 4. The molecule has 1 N–H and O–H groups in total. The largest absolute Gasteiger partial charge is 0.298 e. The summed E-state index contributed by atoms with van der Waals surface area (Å²) in [6, 6.07) is 21.1. The van der Waals surface area contributed by atoms with Gasteiger partial charge in [0.2, 0.25) is 0 Å². The number of hydrogen-bond acceptors (Lipinski definition) is 4. The molecule has 0 unspecified atom stereocenters. The lowest BCUT2D eigenvalue weighted by Crippen LogP contribution is -2.13. The van der Waals surface area contributed by atoms with Crippen molar-refractivity contribution in [1.29, 1.82) is 0 Å². The molecule has 0 radical (unpaired) electrons. The predicted molar refractivity (Wildman–Crippen MR) is 142 cm³/mol. The Bertz CT molecular complexity index is 1560. The molecule has 1 amide bonds. The molecule has 2 aromatic heterocycles. The van der Waals surface area contributed by atoms with Gasteiger partial charge in [0.1, 0.15) is 0 Å². The van der Waals surface area contributed by atoms with Crippen LogP contribution in [0.3, 0.4) is 0 Å². The predicted octanol–water partition coefficient (Wildman–Crippen LogP) is 8.20. The number of thiazole rings is 1. The lowest BCUT2D eigenvalue weighted by molar-refractivity contribution is 0.102. The molecule has 0 aliphatic carbocycles. The number of aryl methyl sites for hydroxylation is 2. The van der Waals surface area contributed by atoms with Crippen LogP contribution in [0.1, 0.15) is 21.5 Å². The summed E-state index contributed by atoms with van der Waals surface area (Å²) in [5.41, 5.74) is 6.92. The van der Waals surface area contributed by atoms with Gasteiger partial charge in [0.25, 0.3) is 5.91 Å². The second-order valence-electron chi connectivity index (χ2n) is 8.01. The fraction of sp³-hybridized carbons (Fsp3) is 0.0741. The zero-order chi connectivity index (χ0) is 23.8. The summed E-state index contributed by atoms with van der Waals surface area (Å²) in [6.45, 7) is 4.11. The first kappa shape index (κ1) is 22.5. The SMILES string of the molecule is Cc1ccc(-c2cc(C(=O)Nc3nc(-c4ccc(Cl)c(Cl)c4)cs3)c3ccccc3n2)c(C)c1. The van der Waals surface area contributed by atoms with Crippen LogP contribution in [0.5, 0.6) is 0 Å². The van der Waals surface area contributed by atoms with Gasteiger partial charge in [-0.05, 0) is 43.7 Å². The number of benzene rings is 3. The number of hydrogen-bond donors (Lipinski definition) is 1. The first-order valence-electron chi connectivity index (χ1n) is 10.6. The van der Waals surface area contributed by atoms with Gasteiger partial charge in [0.05, 0.1) is 32.5 Å². The van der Waals surface area contributed by atoms with Gasteiger partial charge in [-0.2, -0.15) is 0 Å². The maximum absolute atomic E-state index is 13.4. The van der Waals surface area contributed by atoms with E-state index in [9.17, 15) is 4.79 Å². The van der Waals surface area contributed by atoms with Crippen molar-refractivity contribution in [1.82, 2.24) is 9.97 Å². The maximum Gasteiger partial charge on any atom is 0.258 e. The smallest absolute Gasteiger partial charge is 0.258 e. The van der Waals surface area contributed by atoms with E-state index in [4.69, 9.17) is 28.2 Å². The van der Waals surface area contributed by atoms with Gasteiger partial charge in [-0.1, -0.05) is 71.2 Å². The van der Waals surface area contributed by atoms with Crippen LogP contribution in [0.4, 0.5) is 5.13 Å². The molecule has 3 aromatic carbocycles. The molecule has 4 nitrogen and oxygen atoms in total. The number of nitrogens with one attached hydrogen (secondary N) is 1. The first-order valence-corrected chi connectivity index (χ1v) is 12.2. The molecular formula is C27H19Cl2N3OS. The van der Waals surface area contributed by atoms with Crippen molar-refractivity contribution in [3.05, 3.63) is 98.8 Å². The first-order chi connectivity index (χ1) is 16.4. The summed E-state index contributed by atoms with van der Waals surface area (Å²) < 4.78 is 0. The van der Waals surface area contributed by atoms with Gasteiger partial charge >= 0.3 is 0 Å². The van der Waals surface area contributed by atoms with Crippen LogP contribution in [-0.2, 0) is 0 Å². The normalized spacial score (nSPS) is 11.1. The van der Waals surface area contributed by atoms with Crippen LogP contribution in [-0.4, -0.2) is 15.9 Å². The summed E-state index contributed by atoms with van der Waals surface area (Å²) in [5.74, 6) is -0.236. The van der Waals surface area contributed by atoms with Crippen molar-refractivity contribution in [2.75, 3.05) is 5.32 Å². The Hall–Kier alpha value is -3.25. The topological polar surface area (TPSA) is 54.9 Å². The summed E-state index contributed by atoms with van der Waals surface area (Å²) in [7, 11) is 0. The molecule has 0 aliphatic rings. The number of amides is 1. The van der Waals surface area contributed by atoms with Crippen molar-refractivity contribution in [3.8, 4) is 22.5 Å². The van der Waals surface area contributed by atoms with Crippen molar-refractivity contribution in [2.24, 2.45) is 0 Å². The molecule has 2 heterocycles. The molecule has 0 aliphatic heterocycles. The van der Waals surface area contributed by atoms with Gasteiger partial charge in [-0.25, -0.2) is 9.97 Å². The van der Waals surface area contributed by atoms with Gasteiger partial charge in [0, 0.05) is 21.9 Å². The molecule has 34 heavy (non-hydrogen) atoms. The zero-order valence-corrected chi connectivity index (χ0v) is 20.7. The Balaban J connectivity index is 1.51. The highest BCUT2D eigenvalue weighted by molar-refractivity contribution is 7.14. The third-order valence-electron chi connectivity index (χ3n) is 5.56. The number of carbonyl (C=O) groups excluding carboxylic acids is 1. The molecule has 5 rings (SSSR count).